The molecule has 0 atom stereocenters. The van der Waals surface area contributed by atoms with Gasteiger partial charge >= 0.3 is 0 Å². The Morgan fingerprint density at radius 2 is 1.54 bits per heavy atom. The molecule has 2 nitrogen and oxygen atoms in total. The van der Waals surface area contributed by atoms with Crippen LogP contribution in [0.25, 0.3) is 0 Å². The maximum absolute atomic E-state index is 12.6. The van der Waals surface area contributed by atoms with Crippen LogP contribution in [-0.4, -0.2) is 4.98 Å². The predicted molar refractivity (Wildman–Crippen MR) is 33.4 cm³/mol. The van der Waals surface area contributed by atoms with E-state index in [1.54, 1.807) is 0 Å². The molecule has 1 aromatic rings. The number of nitrogens with zero attached hydrogens (tertiary/aromatic N) is 2. The van der Waals surface area contributed by atoms with Gasteiger partial charge in [-0.25, -0.2) is 8.78 Å². The van der Waals surface area contributed by atoms with E-state index in [0.29, 0.717) is 0 Å². The lowest BCUT2D eigenvalue weighted by molar-refractivity contribution is 0.397. The molecule has 0 N–H and O–H groups in total. The fraction of sp³-hybridized carbons (Fsp3) is 0.143. The Morgan fingerprint density at radius 1 is 1.08 bits per heavy atom. The Labute approximate surface area is 70.4 Å². The third kappa shape index (κ3) is 1.59. The molecule has 68 valence electrons. The van der Waals surface area contributed by atoms with Crippen LogP contribution in [0.4, 0.5) is 17.6 Å². The van der Waals surface area contributed by atoms with E-state index in [9.17, 15) is 17.6 Å². The topological polar surface area (TPSA) is 36.7 Å². The van der Waals surface area contributed by atoms with Gasteiger partial charge in [-0.3, -0.25) is 0 Å². The lowest BCUT2D eigenvalue weighted by Crippen LogP contribution is -2.05. The summed E-state index contributed by atoms with van der Waals surface area (Å²) in [6, 6.07) is 1.38. The van der Waals surface area contributed by atoms with Crippen molar-refractivity contribution in [1.29, 1.82) is 5.26 Å². The summed E-state index contributed by atoms with van der Waals surface area (Å²) in [4.78, 5) is 2.32. The van der Waals surface area contributed by atoms with Crippen LogP contribution in [0.3, 0.4) is 0 Å². The molecule has 0 saturated heterocycles. The van der Waals surface area contributed by atoms with Crippen molar-refractivity contribution in [2.75, 3.05) is 0 Å². The Kier molecular flexibility index (Phi) is 2.46. The van der Waals surface area contributed by atoms with Crippen molar-refractivity contribution in [2.24, 2.45) is 0 Å². The zero-order chi connectivity index (χ0) is 10.0. The molecule has 0 radical (unpaired) electrons. The number of hydrogen-bond acceptors (Lipinski definition) is 2. The number of nitriles is 1. The summed E-state index contributed by atoms with van der Waals surface area (Å²) >= 11 is 0. The second-order valence-corrected chi connectivity index (χ2v) is 2.13. The lowest BCUT2D eigenvalue weighted by Gasteiger charge is -2.00. The molecular formula is C7H2F4N2. The molecule has 0 unspecified atom stereocenters. The smallest absolute Gasteiger partial charge is 0.201 e. The maximum atomic E-state index is 12.6. The lowest BCUT2D eigenvalue weighted by atomic mass is 10.2. The molecule has 0 aliphatic carbocycles. The van der Waals surface area contributed by atoms with E-state index in [4.69, 9.17) is 5.26 Å². The van der Waals surface area contributed by atoms with E-state index < -0.39 is 35.5 Å². The summed E-state index contributed by atoms with van der Waals surface area (Å²) in [7, 11) is 0. The maximum Gasteiger partial charge on any atom is 0.252 e. The number of halogens is 4. The van der Waals surface area contributed by atoms with E-state index in [1.165, 1.54) is 6.07 Å². The van der Waals surface area contributed by atoms with Crippen molar-refractivity contribution in [2.45, 2.75) is 6.42 Å². The van der Waals surface area contributed by atoms with Gasteiger partial charge in [0.2, 0.25) is 0 Å². The minimum Gasteiger partial charge on any atom is -0.201 e. The van der Waals surface area contributed by atoms with Crippen molar-refractivity contribution in [3.8, 4) is 6.07 Å². The summed E-state index contributed by atoms with van der Waals surface area (Å²) in [5, 5.41) is 8.10. The molecule has 13 heavy (non-hydrogen) atoms. The predicted octanol–water partition coefficient (Wildman–Crippen LogP) is 1.70. The fourth-order valence-corrected chi connectivity index (χ4v) is 0.764. The van der Waals surface area contributed by atoms with Crippen LogP contribution >= 0.6 is 0 Å². The molecule has 6 heteroatoms. The van der Waals surface area contributed by atoms with Gasteiger partial charge in [-0.2, -0.15) is 19.0 Å². The first-order valence-electron chi connectivity index (χ1n) is 3.13. The highest BCUT2D eigenvalue weighted by Crippen LogP contribution is 2.16. The van der Waals surface area contributed by atoms with Crippen LogP contribution < -0.4 is 0 Å². The first-order chi connectivity index (χ1) is 6.07. The zero-order valence-electron chi connectivity index (χ0n) is 6.11. The summed E-state index contributed by atoms with van der Waals surface area (Å²) in [5.41, 5.74) is -0.937. The van der Waals surface area contributed by atoms with Crippen molar-refractivity contribution in [3.05, 3.63) is 29.1 Å². The SMILES string of the molecule is N#CCc1c(F)c(F)nc(F)c1F. The number of pyridine rings is 1. The van der Waals surface area contributed by atoms with Crippen LogP contribution in [0, 0.1) is 34.9 Å². The van der Waals surface area contributed by atoms with Crippen molar-refractivity contribution in [3.63, 3.8) is 0 Å². The fourth-order valence-electron chi connectivity index (χ4n) is 0.764. The Balaban J connectivity index is 3.39. The summed E-state index contributed by atoms with van der Waals surface area (Å²) in [6.07, 6.45) is -0.742. The average molecular weight is 190 g/mol. The minimum absolute atomic E-state index is 0.742. The first kappa shape index (κ1) is 9.45. The van der Waals surface area contributed by atoms with Crippen molar-refractivity contribution >= 4 is 0 Å². The highest BCUT2D eigenvalue weighted by Gasteiger charge is 2.19. The Bertz CT molecular complexity index is 357. The van der Waals surface area contributed by atoms with Gasteiger partial charge < -0.3 is 0 Å². The zero-order valence-corrected chi connectivity index (χ0v) is 6.11. The molecule has 0 fully saturated rings. The molecule has 0 bridgehead atoms. The van der Waals surface area contributed by atoms with Crippen LogP contribution in [-0.2, 0) is 6.42 Å². The largest absolute Gasteiger partial charge is 0.252 e. The van der Waals surface area contributed by atoms with Gasteiger partial charge in [0.25, 0.3) is 11.9 Å². The summed E-state index contributed by atoms with van der Waals surface area (Å²) in [6.45, 7) is 0. The molecule has 0 aliphatic rings. The molecule has 1 heterocycles. The van der Waals surface area contributed by atoms with E-state index in [0.717, 1.165) is 0 Å². The van der Waals surface area contributed by atoms with Gasteiger partial charge in [0.15, 0.2) is 11.6 Å². The van der Waals surface area contributed by atoms with Crippen LogP contribution in [0.1, 0.15) is 5.56 Å². The quantitative estimate of drug-likeness (QED) is 0.499. The van der Waals surface area contributed by atoms with Crippen LogP contribution in [0.2, 0.25) is 0 Å². The van der Waals surface area contributed by atoms with E-state index in [-0.39, 0.29) is 0 Å². The molecule has 0 aromatic carbocycles. The van der Waals surface area contributed by atoms with Gasteiger partial charge in [-0.15, -0.1) is 0 Å². The van der Waals surface area contributed by atoms with Gasteiger partial charge in [0.05, 0.1) is 12.5 Å². The van der Waals surface area contributed by atoms with Gasteiger partial charge in [0, 0.05) is 5.56 Å². The van der Waals surface area contributed by atoms with E-state index in [2.05, 4.69) is 4.98 Å². The van der Waals surface area contributed by atoms with Crippen molar-refractivity contribution in [1.82, 2.24) is 4.98 Å². The number of rotatable bonds is 1. The summed E-state index contributed by atoms with van der Waals surface area (Å²) < 4.78 is 50.0. The number of hydrogen-bond donors (Lipinski definition) is 0. The molecule has 1 aromatic heterocycles. The van der Waals surface area contributed by atoms with Gasteiger partial charge in [-0.1, -0.05) is 0 Å². The standard InChI is InChI=1S/C7H2F4N2/c8-4-3(1-2-12)5(9)7(11)13-6(4)10/h1H2. The summed E-state index contributed by atoms with van der Waals surface area (Å²) in [5.74, 6) is -6.74. The van der Waals surface area contributed by atoms with E-state index in [1.807, 2.05) is 0 Å². The number of aromatic nitrogens is 1. The molecule has 0 amide bonds. The second kappa shape index (κ2) is 3.39. The third-order valence-electron chi connectivity index (χ3n) is 1.34. The highest BCUT2D eigenvalue weighted by atomic mass is 19.2. The van der Waals surface area contributed by atoms with Crippen LogP contribution in [0.5, 0.6) is 0 Å². The molecule has 0 spiro atoms. The highest BCUT2D eigenvalue weighted by molar-refractivity contribution is 5.20. The van der Waals surface area contributed by atoms with Crippen LogP contribution in [0.15, 0.2) is 0 Å². The minimum atomic E-state index is -1.75. The second-order valence-electron chi connectivity index (χ2n) is 2.13. The molecular weight excluding hydrogens is 188 g/mol. The Morgan fingerprint density at radius 3 is 1.92 bits per heavy atom. The van der Waals surface area contributed by atoms with Gasteiger partial charge in [-0.05, 0) is 0 Å². The van der Waals surface area contributed by atoms with E-state index >= 15 is 0 Å². The first-order valence-corrected chi connectivity index (χ1v) is 3.13. The Hall–Kier alpha value is -1.64. The van der Waals surface area contributed by atoms with Crippen molar-refractivity contribution < 1.29 is 17.6 Å². The normalized spacial score (nSPS) is 9.77. The van der Waals surface area contributed by atoms with Gasteiger partial charge in [0.1, 0.15) is 0 Å². The third-order valence-corrected chi connectivity index (χ3v) is 1.34. The monoisotopic (exact) mass is 190 g/mol. The molecule has 0 saturated carbocycles. The average Bonchev–Trinajstić information content (AvgIpc) is 2.09. The molecule has 1 rings (SSSR count). The molecule has 0 aliphatic heterocycles.